The Labute approximate surface area is 225 Å². The van der Waals surface area contributed by atoms with Gasteiger partial charge in [0.15, 0.2) is 11.5 Å². The molecule has 0 aliphatic rings. The molecule has 0 saturated carbocycles. The van der Waals surface area contributed by atoms with Crippen LogP contribution in [0, 0.1) is 5.82 Å². The Morgan fingerprint density at radius 1 is 0.868 bits per heavy atom. The van der Waals surface area contributed by atoms with Crippen molar-refractivity contribution in [2.45, 2.75) is 14.7 Å². The van der Waals surface area contributed by atoms with Crippen molar-refractivity contribution >= 4 is 39.1 Å². The van der Waals surface area contributed by atoms with E-state index in [4.69, 9.17) is 9.47 Å². The zero-order valence-electron chi connectivity index (χ0n) is 20.6. The highest BCUT2D eigenvalue weighted by molar-refractivity contribution is 7.99. The first kappa shape index (κ1) is 27.0. The Hall–Kier alpha value is -4.02. The summed E-state index contributed by atoms with van der Waals surface area (Å²) in [7, 11) is -1.43. The first-order valence-corrected chi connectivity index (χ1v) is 13.7. The number of methoxy groups -OCH3 is 2. The van der Waals surface area contributed by atoms with Crippen LogP contribution in [0.4, 0.5) is 15.8 Å². The molecule has 4 aromatic rings. The summed E-state index contributed by atoms with van der Waals surface area (Å²) in [4.78, 5) is 14.9. The van der Waals surface area contributed by atoms with Gasteiger partial charge in [-0.25, -0.2) is 12.8 Å². The fraction of sp³-hybridized carbons (Fsp3) is 0.107. The molecule has 196 valence electrons. The third kappa shape index (κ3) is 6.27. The molecule has 1 N–H and O–H groups in total. The number of para-hydroxylation sites is 1. The summed E-state index contributed by atoms with van der Waals surface area (Å²) < 4.78 is 52.5. The number of rotatable bonds is 10. The van der Waals surface area contributed by atoms with Crippen LogP contribution in [0.15, 0.2) is 112 Å². The number of hydrogen-bond acceptors (Lipinski definition) is 6. The highest BCUT2D eigenvalue weighted by atomic mass is 32.2. The van der Waals surface area contributed by atoms with Gasteiger partial charge in [0.05, 0.1) is 30.5 Å². The van der Waals surface area contributed by atoms with E-state index in [2.05, 4.69) is 5.32 Å². The molecule has 0 unspecified atom stereocenters. The van der Waals surface area contributed by atoms with Crippen molar-refractivity contribution in [1.29, 1.82) is 0 Å². The second-order valence-electron chi connectivity index (χ2n) is 7.96. The number of hydrogen-bond donors (Lipinski definition) is 1. The lowest BCUT2D eigenvalue weighted by Crippen LogP contribution is -2.38. The number of carbonyl (C=O) groups is 1. The highest BCUT2D eigenvalue weighted by Crippen LogP contribution is 2.34. The van der Waals surface area contributed by atoms with Gasteiger partial charge in [0.1, 0.15) is 12.4 Å². The van der Waals surface area contributed by atoms with Crippen LogP contribution in [-0.2, 0) is 14.8 Å². The predicted octanol–water partition coefficient (Wildman–Crippen LogP) is 5.83. The normalized spacial score (nSPS) is 11.0. The zero-order chi connectivity index (χ0) is 27.1. The lowest BCUT2D eigenvalue weighted by molar-refractivity contribution is -0.114. The number of halogens is 1. The molecule has 0 bridgehead atoms. The van der Waals surface area contributed by atoms with Crippen LogP contribution < -0.4 is 19.1 Å². The zero-order valence-corrected chi connectivity index (χ0v) is 22.3. The molecule has 0 atom stereocenters. The summed E-state index contributed by atoms with van der Waals surface area (Å²) >= 11 is 1.47. The topological polar surface area (TPSA) is 84.9 Å². The van der Waals surface area contributed by atoms with E-state index in [1.54, 1.807) is 12.1 Å². The Morgan fingerprint density at radius 2 is 1.53 bits per heavy atom. The van der Waals surface area contributed by atoms with E-state index >= 15 is 0 Å². The molecule has 0 radical (unpaired) electrons. The third-order valence-corrected chi connectivity index (χ3v) is 8.33. The van der Waals surface area contributed by atoms with Gasteiger partial charge >= 0.3 is 0 Å². The van der Waals surface area contributed by atoms with Gasteiger partial charge in [0, 0.05) is 15.9 Å². The van der Waals surface area contributed by atoms with E-state index in [0.717, 1.165) is 26.2 Å². The number of ether oxygens (including phenoxy) is 2. The van der Waals surface area contributed by atoms with Crippen LogP contribution >= 0.6 is 11.8 Å². The minimum Gasteiger partial charge on any atom is -0.493 e. The van der Waals surface area contributed by atoms with E-state index < -0.39 is 28.3 Å². The summed E-state index contributed by atoms with van der Waals surface area (Å²) in [5, 5.41) is 2.82. The Bertz CT molecular complexity index is 1510. The van der Waals surface area contributed by atoms with Crippen molar-refractivity contribution in [2.24, 2.45) is 0 Å². The van der Waals surface area contributed by atoms with Crippen LogP contribution in [0.3, 0.4) is 0 Å². The second kappa shape index (κ2) is 12.0. The van der Waals surface area contributed by atoms with Crippen molar-refractivity contribution in [3.05, 3.63) is 103 Å². The van der Waals surface area contributed by atoms with Crippen molar-refractivity contribution in [3.63, 3.8) is 0 Å². The predicted molar refractivity (Wildman–Crippen MR) is 146 cm³/mol. The summed E-state index contributed by atoms with van der Waals surface area (Å²) in [6.07, 6.45) is 0. The maximum Gasteiger partial charge on any atom is 0.264 e. The maximum atomic E-state index is 13.7. The van der Waals surface area contributed by atoms with Crippen molar-refractivity contribution in [1.82, 2.24) is 0 Å². The van der Waals surface area contributed by atoms with Gasteiger partial charge < -0.3 is 14.8 Å². The van der Waals surface area contributed by atoms with Gasteiger partial charge in [-0.2, -0.15) is 0 Å². The van der Waals surface area contributed by atoms with Gasteiger partial charge in [-0.1, -0.05) is 42.1 Å². The van der Waals surface area contributed by atoms with Crippen LogP contribution in [-0.4, -0.2) is 35.1 Å². The summed E-state index contributed by atoms with van der Waals surface area (Å²) in [5.41, 5.74) is 0.664. The van der Waals surface area contributed by atoms with Gasteiger partial charge in [-0.05, 0) is 60.7 Å². The number of carbonyl (C=O) groups excluding carboxylic acids is 1. The lowest BCUT2D eigenvalue weighted by atomic mass is 10.3. The Kier molecular flexibility index (Phi) is 8.55. The summed E-state index contributed by atoms with van der Waals surface area (Å²) in [6, 6.07) is 25.9. The van der Waals surface area contributed by atoms with Crippen LogP contribution in [0.5, 0.6) is 11.5 Å². The number of nitrogens with zero attached hydrogens (tertiary/aromatic N) is 1. The molecule has 0 aliphatic carbocycles. The van der Waals surface area contributed by atoms with E-state index in [-0.39, 0.29) is 16.3 Å². The van der Waals surface area contributed by atoms with Crippen molar-refractivity contribution < 1.29 is 27.1 Å². The van der Waals surface area contributed by atoms with Crippen molar-refractivity contribution in [3.8, 4) is 11.5 Å². The molecule has 0 saturated heterocycles. The minimum absolute atomic E-state index is 0.118. The van der Waals surface area contributed by atoms with E-state index in [1.165, 1.54) is 56.3 Å². The molecule has 38 heavy (non-hydrogen) atoms. The molecule has 10 heteroatoms. The molecule has 0 spiro atoms. The molecule has 1 amide bonds. The van der Waals surface area contributed by atoms with Gasteiger partial charge in [-0.3, -0.25) is 9.10 Å². The number of amides is 1. The first-order chi connectivity index (χ1) is 18.3. The van der Waals surface area contributed by atoms with Gasteiger partial charge in [0.2, 0.25) is 5.91 Å². The molecule has 0 aliphatic heterocycles. The maximum absolute atomic E-state index is 13.7. The SMILES string of the molecule is COc1ccc(S(=O)(=O)N(CC(=O)Nc2ccccc2Sc2ccccc2)c2ccc(F)cc2)cc1OC. The number of benzene rings is 4. The lowest BCUT2D eigenvalue weighted by Gasteiger charge is -2.24. The second-order valence-corrected chi connectivity index (χ2v) is 10.9. The number of sulfonamides is 1. The molecule has 7 nitrogen and oxygen atoms in total. The summed E-state index contributed by atoms with van der Waals surface area (Å²) in [6.45, 7) is -0.549. The van der Waals surface area contributed by atoms with Crippen molar-refractivity contribution in [2.75, 3.05) is 30.4 Å². The van der Waals surface area contributed by atoms with E-state index in [1.807, 2.05) is 42.5 Å². The number of anilines is 2. The van der Waals surface area contributed by atoms with Gasteiger partial charge in [-0.15, -0.1) is 0 Å². The van der Waals surface area contributed by atoms with Gasteiger partial charge in [0.25, 0.3) is 10.0 Å². The summed E-state index contributed by atoms with van der Waals surface area (Å²) in [5.74, 6) is -0.540. The monoisotopic (exact) mass is 552 g/mol. The highest BCUT2D eigenvalue weighted by Gasteiger charge is 2.28. The molecule has 4 aromatic carbocycles. The third-order valence-electron chi connectivity index (χ3n) is 5.48. The minimum atomic E-state index is -4.26. The molecular weight excluding hydrogens is 527 g/mol. The molecular formula is C28H25FN2O5S2. The molecule has 0 aromatic heterocycles. The van der Waals surface area contributed by atoms with E-state index in [9.17, 15) is 17.6 Å². The molecule has 0 fully saturated rings. The molecule has 0 heterocycles. The largest absolute Gasteiger partial charge is 0.493 e. The first-order valence-electron chi connectivity index (χ1n) is 11.4. The van der Waals surface area contributed by atoms with Crippen LogP contribution in [0.25, 0.3) is 0 Å². The van der Waals surface area contributed by atoms with Crippen LogP contribution in [0.1, 0.15) is 0 Å². The number of nitrogens with one attached hydrogen (secondary N) is 1. The Morgan fingerprint density at radius 3 is 2.21 bits per heavy atom. The fourth-order valence-corrected chi connectivity index (χ4v) is 5.98. The smallest absolute Gasteiger partial charge is 0.264 e. The molecule has 4 rings (SSSR count). The average molecular weight is 553 g/mol. The van der Waals surface area contributed by atoms with Crippen LogP contribution in [0.2, 0.25) is 0 Å². The van der Waals surface area contributed by atoms with E-state index in [0.29, 0.717) is 11.4 Å². The average Bonchev–Trinajstić information content (AvgIpc) is 2.93. The Balaban J connectivity index is 1.65. The fourth-order valence-electron chi connectivity index (χ4n) is 3.62. The quantitative estimate of drug-likeness (QED) is 0.267. The standard InChI is InChI=1S/C28H25FN2O5S2/c1-35-25-17-16-23(18-26(25)36-2)38(33,34)31(21-14-12-20(29)13-15-21)19-28(32)30-24-10-6-7-11-27(24)37-22-8-4-3-5-9-22/h3-18H,19H2,1-2H3,(H,30,32).